The van der Waals surface area contributed by atoms with E-state index in [1.54, 1.807) is 0 Å². The first kappa shape index (κ1) is 23.7. The molecule has 0 spiro atoms. The predicted octanol–water partition coefficient (Wildman–Crippen LogP) is 7.07. The van der Waals surface area contributed by atoms with Gasteiger partial charge in [0.05, 0.1) is 0 Å². The molecule has 0 unspecified atom stereocenters. The van der Waals surface area contributed by atoms with Crippen LogP contribution in [0.5, 0.6) is 5.75 Å². The van der Waals surface area contributed by atoms with Gasteiger partial charge in [-0.25, -0.2) is 0 Å². The predicted molar refractivity (Wildman–Crippen MR) is 141 cm³/mol. The Morgan fingerprint density at radius 2 is 1.74 bits per heavy atom. The molecule has 0 heterocycles. The molecular formula is C29H29ClN2O2. The van der Waals surface area contributed by atoms with E-state index in [1.165, 1.54) is 0 Å². The van der Waals surface area contributed by atoms with Crippen LogP contribution in [0.2, 0.25) is 5.02 Å². The molecule has 174 valence electrons. The minimum atomic E-state index is -0.0636. The van der Waals surface area contributed by atoms with Crippen molar-refractivity contribution in [1.29, 1.82) is 0 Å². The maximum absolute atomic E-state index is 12.5. The van der Waals surface area contributed by atoms with Gasteiger partial charge in [0.2, 0.25) is 0 Å². The highest BCUT2D eigenvalue weighted by Gasteiger charge is 2.12. The second kappa shape index (κ2) is 11.1. The van der Waals surface area contributed by atoms with E-state index in [9.17, 15) is 4.79 Å². The van der Waals surface area contributed by atoms with E-state index < -0.39 is 0 Å². The number of ether oxygens (including phenoxy) is 1. The molecule has 0 aliphatic heterocycles. The minimum Gasteiger partial charge on any atom is -0.488 e. The smallest absolute Gasteiger partial charge is 0.251 e. The minimum absolute atomic E-state index is 0.0636. The highest BCUT2D eigenvalue weighted by Crippen LogP contribution is 2.30. The van der Waals surface area contributed by atoms with Crippen molar-refractivity contribution >= 4 is 34.0 Å². The summed E-state index contributed by atoms with van der Waals surface area (Å²) >= 11 is 6.32. The van der Waals surface area contributed by atoms with Gasteiger partial charge >= 0.3 is 0 Å². The molecule has 0 aromatic heterocycles. The topological polar surface area (TPSA) is 50.4 Å². The highest BCUT2D eigenvalue weighted by molar-refractivity contribution is 6.31. The molecular weight excluding hydrogens is 444 g/mol. The van der Waals surface area contributed by atoms with E-state index in [2.05, 4.69) is 42.7 Å². The lowest BCUT2D eigenvalue weighted by Gasteiger charge is -2.16. The van der Waals surface area contributed by atoms with Crippen LogP contribution in [-0.4, -0.2) is 12.5 Å². The van der Waals surface area contributed by atoms with Crippen molar-refractivity contribution in [3.8, 4) is 5.75 Å². The number of rotatable bonds is 9. The van der Waals surface area contributed by atoms with Crippen LogP contribution in [0.15, 0.2) is 84.9 Å². The number of anilines is 1. The molecule has 0 aliphatic rings. The Balaban J connectivity index is 1.55. The summed E-state index contributed by atoms with van der Waals surface area (Å²) in [6.45, 7) is 5.74. The van der Waals surface area contributed by atoms with Gasteiger partial charge in [-0.05, 0) is 47.0 Å². The largest absolute Gasteiger partial charge is 0.488 e. The van der Waals surface area contributed by atoms with Crippen molar-refractivity contribution in [2.75, 3.05) is 11.9 Å². The number of fused-ring (bicyclic) bond motifs is 1. The number of halogens is 1. The molecule has 0 aliphatic carbocycles. The molecule has 34 heavy (non-hydrogen) atoms. The quantitative estimate of drug-likeness (QED) is 0.274. The van der Waals surface area contributed by atoms with E-state index >= 15 is 0 Å². The number of hydrogen-bond donors (Lipinski definition) is 2. The van der Waals surface area contributed by atoms with Gasteiger partial charge < -0.3 is 15.4 Å². The molecule has 4 rings (SSSR count). The molecule has 5 heteroatoms. The van der Waals surface area contributed by atoms with E-state index in [1.807, 2.05) is 66.7 Å². The Hall–Kier alpha value is -3.50. The number of carbonyl (C=O) groups is 1. The van der Waals surface area contributed by atoms with E-state index in [0.717, 1.165) is 33.3 Å². The van der Waals surface area contributed by atoms with E-state index in [0.29, 0.717) is 36.2 Å². The van der Waals surface area contributed by atoms with Crippen molar-refractivity contribution in [3.63, 3.8) is 0 Å². The average molecular weight is 473 g/mol. The first-order valence-corrected chi connectivity index (χ1v) is 11.9. The number of amides is 1. The fourth-order valence-electron chi connectivity index (χ4n) is 3.76. The second-order valence-electron chi connectivity index (χ2n) is 8.68. The van der Waals surface area contributed by atoms with Gasteiger partial charge in [-0.1, -0.05) is 80.0 Å². The summed E-state index contributed by atoms with van der Waals surface area (Å²) in [6.07, 6.45) is 0. The molecule has 0 fully saturated rings. The summed E-state index contributed by atoms with van der Waals surface area (Å²) < 4.78 is 6.23. The van der Waals surface area contributed by atoms with Crippen molar-refractivity contribution < 1.29 is 9.53 Å². The lowest BCUT2D eigenvalue weighted by atomic mass is 10.0. The average Bonchev–Trinajstić information content (AvgIpc) is 2.85. The zero-order chi connectivity index (χ0) is 23.9. The lowest BCUT2D eigenvalue weighted by molar-refractivity contribution is 0.0949. The molecule has 4 aromatic rings. The van der Waals surface area contributed by atoms with Crippen LogP contribution in [0, 0.1) is 5.92 Å². The standard InChI is InChI=1S/C29H29ClN2O2/c1-20(2)17-32-29(33)22-10-7-11-24(16-22)31-18-26-25-12-5-3-8-21(25)14-15-28(26)34-19-23-9-4-6-13-27(23)30/h3-16,20,31H,17-19H2,1-2H3,(H,32,33). The Morgan fingerprint density at radius 1 is 0.941 bits per heavy atom. The van der Waals surface area contributed by atoms with Crippen molar-refractivity contribution in [2.24, 2.45) is 5.92 Å². The third kappa shape index (κ3) is 5.89. The van der Waals surface area contributed by atoms with Gasteiger partial charge in [-0.2, -0.15) is 0 Å². The van der Waals surface area contributed by atoms with Crippen LogP contribution in [0.1, 0.15) is 35.3 Å². The maximum atomic E-state index is 12.5. The molecule has 0 bridgehead atoms. The number of carbonyl (C=O) groups excluding carboxylic acids is 1. The number of nitrogens with one attached hydrogen (secondary N) is 2. The van der Waals surface area contributed by atoms with Crippen LogP contribution in [0.3, 0.4) is 0 Å². The Morgan fingerprint density at radius 3 is 2.56 bits per heavy atom. The van der Waals surface area contributed by atoms with Crippen molar-refractivity contribution in [2.45, 2.75) is 27.0 Å². The molecule has 0 saturated heterocycles. The zero-order valence-corrected chi connectivity index (χ0v) is 20.2. The lowest BCUT2D eigenvalue weighted by Crippen LogP contribution is -2.27. The van der Waals surface area contributed by atoms with Gasteiger partial charge in [0, 0.05) is 40.5 Å². The van der Waals surface area contributed by atoms with Crippen LogP contribution < -0.4 is 15.4 Å². The summed E-state index contributed by atoms with van der Waals surface area (Å²) in [4.78, 5) is 12.5. The van der Waals surface area contributed by atoms with Crippen molar-refractivity contribution in [1.82, 2.24) is 5.32 Å². The fourth-order valence-corrected chi connectivity index (χ4v) is 3.95. The van der Waals surface area contributed by atoms with Gasteiger partial charge in [0.25, 0.3) is 5.91 Å². The monoisotopic (exact) mass is 472 g/mol. The maximum Gasteiger partial charge on any atom is 0.251 e. The SMILES string of the molecule is CC(C)CNC(=O)c1cccc(NCc2c(OCc3ccccc3Cl)ccc3ccccc23)c1. The van der Waals surface area contributed by atoms with Crippen LogP contribution in [-0.2, 0) is 13.2 Å². The summed E-state index contributed by atoms with van der Waals surface area (Å²) in [7, 11) is 0. The molecule has 1 amide bonds. The Bertz CT molecular complexity index is 1290. The van der Waals surface area contributed by atoms with Gasteiger partial charge in [-0.3, -0.25) is 4.79 Å². The van der Waals surface area contributed by atoms with E-state index in [4.69, 9.17) is 16.3 Å². The number of benzene rings is 4. The summed E-state index contributed by atoms with van der Waals surface area (Å²) in [5.74, 6) is 1.14. The molecule has 0 saturated carbocycles. The summed E-state index contributed by atoms with van der Waals surface area (Å²) in [6, 6.07) is 27.6. The molecule has 0 atom stereocenters. The van der Waals surface area contributed by atoms with Crippen LogP contribution >= 0.6 is 11.6 Å². The molecule has 2 N–H and O–H groups in total. The summed E-state index contributed by atoms with van der Waals surface area (Å²) in [5.41, 5.74) is 3.51. The zero-order valence-electron chi connectivity index (χ0n) is 19.5. The van der Waals surface area contributed by atoms with Gasteiger partial charge in [-0.15, -0.1) is 0 Å². The first-order chi connectivity index (χ1) is 16.5. The second-order valence-corrected chi connectivity index (χ2v) is 9.09. The third-order valence-electron chi connectivity index (χ3n) is 5.60. The molecule has 4 nitrogen and oxygen atoms in total. The Kier molecular flexibility index (Phi) is 7.71. The molecule has 4 aromatic carbocycles. The normalized spacial score (nSPS) is 10.9. The highest BCUT2D eigenvalue weighted by atomic mass is 35.5. The van der Waals surface area contributed by atoms with Crippen LogP contribution in [0.25, 0.3) is 10.8 Å². The van der Waals surface area contributed by atoms with Gasteiger partial charge in [0.15, 0.2) is 0 Å². The third-order valence-corrected chi connectivity index (χ3v) is 5.97. The van der Waals surface area contributed by atoms with E-state index in [-0.39, 0.29) is 5.91 Å². The first-order valence-electron chi connectivity index (χ1n) is 11.5. The number of hydrogen-bond acceptors (Lipinski definition) is 3. The van der Waals surface area contributed by atoms with Crippen molar-refractivity contribution in [3.05, 3.63) is 107 Å². The Labute approximate surface area is 205 Å². The summed E-state index contributed by atoms with van der Waals surface area (Å²) in [5, 5.41) is 9.41. The fraction of sp³-hybridized carbons (Fsp3) is 0.207. The van der Waals surface area contributed by atoms with Crippen LogP contribution in [0.4, 0.5) is 5.69 Å². The van der Waals surface area contributed by atoms with Gasteiger partial charge in [0.1, 0.15) is 12.4 Å². The molecule has 0 radical (unpaired) electrons.